The highest BCUT2D eigenvalue weighted by Crippen LogP contribution is 2.47. The highest BCUT2D eigenvalue weighted by molar-refractivity contribution is 7.01. The smallest absolute Gasteiger partial charge is 0.252 e. The SMILES string of the molecule is Cc1cc2c3c(c1)N(c1ccccc1)c1ccccc1B3c1ccccc1N2c1ccccc1.c1ccc(-c2cc3c4c(c2)N(c2ccccc2)c2ccccc2B4c2ccccc2N3c2ccccc2)cc1. The summed E-state index contributed by atoms with van der Waals surface area (Å²) in [6.07, 6.45) is 0. The zero-order valence-electron chi connectivity index (χ0n) is 40.4. The summed E-state index contributed by atoms with van der Waals surface area (Å²) < 4.78 is 0. The first-order valence-corrected chi connectivity index (χ1v) is 25.3. The highest BCUT2D eigenvalue weighted by atomic mass is 15.2. The molecule has 4 heterocycles. The van der Waals surface area contributed by atoms with Gasteiger partial charge in [0.25, 0.3) is 13.4 Å². The lowest BCUT2D eigenvalue weighted by Gasteiger charge is -2.44. The van der Waals surface area contributed by atoms with E-state index in [9.17, 15) is 0 Å². The third-order valence-corrected chi connectivity index (χ3v) is 15.1. The van der Waals surface area contributed by atoms with Gasteiger partial charge in [0, 0.05) is 68.2 Å². The molecule has 0 aliphatic carbocycles. The Morgan fingerprint density at radius 1 is 0.233 bits per heavy atom. The Bertz CT molecular complexity index is 3630. The number of hydrogen-bond donors (Lipinski definition) is 0. The Hall–Kier alpha value is -9.25. The Morgan fingerprint density at radius 2 is 0.479 bits per heavy atom. The molecule has 0 unspecified atom stereocenters. The largest absolute Gasteiger partial charge is 0.311 e. The minimum atomic E-state index is 0.146. The maximum Gasteiger partial charge on any atom is 0.252 e. The summed E-state index contributed by atoms with van der Waals surface area (Å²) in [6, 6.07) is 98.9. The zero-order chi connectivity index (χ0) is 48.4. The monoisotopic (exact) mass is 930 g/mol. The molecule has 0 fully saturated rings. The van der Waals surface area contributed by atoms with Gasteiger partial charge >= 0.3 is 0 Å². The van der Waals surface area contributed by atoms with Crippen LogP contribution in [0.15, 0.2) is 273 Å². The standard InChI is InChI=1S/C36H25BN2.C31H23BN2/c1-4-14-26(15-5-1)27-24-34-36-35(25-27)39(29-18-8-3-9-19-29)33-23-13-11-21-31(33)37(36)30-20-10-12-22-32(30)38(34)28-16-6-2-7-17-28;1-22-20-29-31-30(21-22)34(24-14-6-3-7-15-24)28-19-11-9-17-26(28)32(31)25-16-8-10-18-27(25)33(29)23-12-4-2-5-13-23/h1-25H;2-21H,1H3. The molecule has 0 saturated carbocycles. The minimum absolute atomic E-state index is 0.146. The second-order valence-electron chi connectivity index (χ2n) is 19.3. The van der Waals surface area contributed by atoms with Gasteiger partial charge in [0.2, 0.25) is 0 Å². The summed E-state index contributed by atoms with van der Waals surface area (Å²) in [7, 11) is 0. The van der Waals surface area contributed by atoms with Crippen LogP contribution in [0.3, 0.4) is 0 Å². The number of anilines is 12. The Labute approximate surface area is 428 Å². The molecule has 11 aromatic carbocycles. The molecule has 6 heteroatoms. The van der Waals surface area contributed by atoms with Gasteiger partial charge in [-0.15, -0.1) is 0 Å². The quantitative estimate of drug-likeness (QED) is 0.159. The third kappa shape index (κ3) is 6.93. The summed E-state index contributed by atoms with van der Waals surface area (Å²) in [5, 5.41) is 0. The number of nitrogens with zero attached hydrogens (tertiary/aromatic N) is 4. The molecule has 0 bridgehead atoms. The average Bonchev–Trinajstić information content (AvgIpc) is 3.46. The van der Waals surface area contributed by atoms with E-state index in [0.717, 1.165) is 0 Å². The van der Waals surface area contributed by atoms with E-state index < -0.39 is 0 Å². The summed E-state index contributed by atoms with van der Waals surface area (Å²) in [5.74, 6) is 0. The summed E-state index contributed by atoms with van der Waals surface area (Å²) in [5.41, 5.74) is 26.5. The Morgan fingerprint density at radius 3 is 0.781 bits per heavy atom. The van der Waals surface area contributed by atoms with Gasteiger partial charge in [0.05, 0.1) is 0 Å². The van der Waals surface area contributed by atoms with E-state index >= 15 is 0 Å². The molecule has 342 valence electrons. The van der Waals surface area contributed by atoms with Gasteiger partial charge in [-0.3, -0.25) is 0 Å². The van der Waals surface area contributed by atoms with E-state index in [-0.39, 0.29) is 13.4 Å². The molecule has 0 saturated heterocycles. The lowest BCUT2D eigenvalue weighted by molar-refractivity contribution is 1.24. The van der Waals surface area contributed by atoms with E-state index in [4.69, 9.17) is 0 Å². The first kappa shape index (κ1) is 42.6. The molecule has 0 amide bonds. The van der Waals surface area contributed by atoms with Crippen molar-refractivity contribution >= 4 is 114 Å². The first-order valence-electron chi connectivity index (χ1n) is 25.3. The Balaban J connectivity index is 0.000000136. The van der Waals surface area contributed by atoms with Gasteiger partial charge in [0.1, 0.15) is 0 Å². The molecular weight excluding hydrogens is 882 g/mol. The van der Waals surface area contributed by atoms with Crippen LogP contribution in [-0.2, 0) is 0 Å². The number of fused-ring (bicyclic) bond motifs is 8. The first-order chi connectivity index (χ1) is 36.2. The number of hydrogen-bond acceptors (Lipinski definition) is 4. The number of para-hydroxylation sites is 8. The van der Waals surface area contributed by atoms with Crippen molar-refractivity contribution in [3.63, 3.8) is 0 Å². The Kier molecular flexibility index (Phi) is 10.2. The van der Waals surface area contributed by atoms with E-state index in [1.165, 1.54) is 118 Å². The molecule has 11 aromatic rings. The second kappa shape index (κ2) is 17.6. The van der Waals surface area contributed by atoms with E-state index in [0.29, 0.717) is 0 Å². The van der Waals surface area contributed by atoms with Gasteiger partial charge < -0.3 is 19.6 Å². The predicted octanol–water partition coefficient (Wildman–Crippen LogP) is 13.5. The van der Waals surface area contributed by atoms with Crippen LogP contribution in [0.5, 0.6) is 0 Å². The van der Waals surface area contributed by atoms with Gasteiger partial charge in [0.15, 0.2) is 0 Å². The summed E-state index contributed by atoms with van der Waals surface area (Å²) in [6.45, 7) is 2.55. The summed E-state index contributed by atoms with van der Waals surface area (Å²) in [4.78, 5) is 9.78. The molecule has 0 radical (unpaired) electrons. The van der Waals surface area contributed by atoms with Crippen molar-refractivity contribution in [2.24, 2.45) is 0 Å². The number of benzene rings is 11. The van der Waals surface area contributed by atoms with Crippen molar-refractivity contribution in [2.75, 3.05) is 19.6 Å². The van der Waals surface area contributed by atoms with Crippen LogP contribution in [0.2, 0.25) is 0 Å². The predicted molar refractivity (Wildman–Crippen MR) is 311 cm³/mol. The molecule has 4 aliphatic heterocycles. The molecule has 15 rings (SSSR count). The van der Waals surface area contributed by atoms with Gasteiger partial charge in [-0.05, 0) is 153 Å². The van der Waals surface area contributed by atoms with Crippen LogP contribution in [-0.4, -0.2) is 13.4 Å². The van der Waals surface area contributed by atoms with Crippen LogP contribution in [0, 0.1) is 6.92 Å². The van der Waals surface area contributed by atoms with Crippen LogP contribution in [0.1, 0.15) is 5.56 Å². The van der Waals surface area contributed by atoms with Crippen LogP contribution in [0.25, 0.3) is 11.1 Å². The molecule has 73 heavy (non-hydrogen) atoms. The van der Waals surface area contributed by atoms with E-state index in [1.807, 2.05) is 0 Å². The maximum absolute atomic E-state index is 2.45. The van der Waals surface area contributed by atoms with E-state index in [1.54, 1.807) is 0 Å². The lowest BCUT2D eigenvalue weighted by atomic mass is 9.33. The number of rotatable bonds is 5. The molecule has 4 aliphatic rings. The second-order valence-corrected chi connectivity index (χ2v) is 19.3. The van der Waals surface area contributed by atoms with Crippen molar-refractivity contribution < 1.29 is 0 Å². The minimum Gasteiger partial charge on any atom is -0.311 e. The molecule has 0 spiro atoms. The van der Waals surface area contributed by atoms with Crippen LogP contribution >= 0.6 is 0 Å². The van der Waals surface area contributed by atoms with Gasteiger partial charge in [-0.1, -0.05) is 176 Å². The van der Waals surface area contributed by atoms with Crippen molar-refractivity contribution in [2.45, 2.75) is 6.92 Å². The van der Waals surface area contributed by atoms with Gasteiger partial charge in [-0.25, -0.2) is 0 Å². The van der Waals surface area contributed by atoms with Crippen molar-refractivity contribution in [1.82, 2.24) is 0 Å². The van der Waals surface area contributed by atoms with Crippen LogP contribution in [0.4, 0.5) is 68.2 Å². The molecule has 0 aromatic heterocycles. The molecular formula is C67H48B2N4. The van der Waals surface area contributed by atoms with Crippen molar-refractivity contribution in [3.05, 3.63) is 279 Å². The molecule has 0 atom stereocenters. The topological polar surface area (TPSA) is 13.0 Å². The highest BCUT2D eigenvalue weighted by Gasteiger charge is 2.45. The normalized spacial score (nSPS) is 13.1. The average molecular weight is 931 g/mol. The van der Waals surface area contributed by atoms with Crippen molar-refractivity contribution in [3.8, 4) is 11.1 Å². The third-order valence-electron chi connectivity index (χ3n) is 15.1. The molecule has 4 nitrogen and oxygen atoms in total. The number of aryl methyl sites for hydroxylation is 1. The van der Waals surface area contributed by atoms with Crippen molar-refractivity contribution in [1.29, 1.82) is 0 Å². The fourth-order valence-corrected chi connectivity index (χ4v) is 12.1. The summed E-state index contributed by atoms with van der Waals surface area (Å²) >= 11 is 0. The van der Waals surface area contributed by atoms with Crippen LogP contribution < -0.4 is 52.4 Å². The fraction of sp³-hybridized carbons (Fsp3) is 0.0149. The zero-order valence-corrected chi connectivity index (χ0v) is 40.4. The van der Waals surface area contributed by atoms with E-state index in [2.05, 4.69) is 300 Å². The van der Waals surface area contributed by atoms with Gasteiger partial charge in [-0.2, -0.15) is 0 Å². The molecule has 0 N–H and O–H groups in total. The lowest BCUT2D eigenvalue weighted by Crippen LogP contribution is -2.61. The maximum atomic E-state index is 2.45. The fourth-order valence-electron chi connectivity index (χ4n) is 12.1.